The first-order valence-electron chi connectivity index (χ1n) is 10.8. The largest absolute Gasteiger partial charge is 0.497 e. The summed E-state index contributed by atoms with van der Waals surface area (Å²) in [6, 6.07) is 7.31. The van der Waals surface area contributed by atoms with Gasteiger partial charge in [-0.05, 0) is 36.4 Å². The zero-order valence-corrected chi connectivity index (χ0v) is 23.9. The number of ether oxygens (including phenoxy) is 2. The molecule has 13 heteroatoms. The van der Waals surface area contributed by atoms with Crippen LogP contribution in [0.15, 0.2) is 36.4 Å². The Morgan fingerprint density at radius 1 is 0.658 bits per heavy atom. The van der Waals surface area contributed by atoms with Crippen molar-refractivity contribution in [2.45, 2.75) is 12.1 Å². The molecule has 2 atom stereocenters. The highest BCUT2D eigenvalue weighted by atomic mass is 35.5. The minimum atomic E-state index is -1.31. The highest BCUT2D eigenvalue weighted by molar-refractivity contribution is 6.55. The maximum absolute atomic E-state index is 13.8. The third-order valence-corrected chi connectivity index (χ3v) is 8.60. The molecule has 5 rings (SSSR count). The van der Waals surface area contributed by atoms with Crippen LogP contribution in [0.3, 0.4) is 0 Å². The molecule has 3 aromatic carbocycles. The van der Waals surface area contributed by atoms with Gasteiger partial charge in [0.05, 0.1) is 51.5 Å². The number of carbonyl (C=O) groups excluding carboxylic acids is 3. The van der Waals surface area contributed by atoms with Gasteiger partial charge in [-0.1, -0.05) is 69.6 Å². The number of fused-ring (bicyclic) bond motifs is 1. The molecule has 2 aliphatic rings. The molecular formula is C25H14Cl6N2O5. The van der Waals surface area contributed by atoms with Crippen LogP contribution in [0.5, 0.6) is 11.5 Å². The van der Waals surface area contributed by atoms with Crippen LogP contribution >= 0.6 is 69.6 Å². The van der Waals surface area contributed by atoms with Crippen molar-refractivity contribution in [1.29, 1.82) is 0 Å². The normalized spacial score (nSPS) is 18.6. The van der Waals surface area contributed by atoms with Crippen molar-refractivity contribution in [1.82, 2.24) is 4.90 Å². The van der Waals surface area contributed by atoms with Crippen molar-refractivity contribution in [2.24, 2.45) is 0 Å². The molecule has 38 heavy (non-hydrogen) atoms. The minimum Gasteiger partial charge on any atom is -0.497 e. The van der Waals surface area contributed by atoms with Gasteiger partial charge in [0.2, 0.25) is 0 Å². The Kier molecular flexibility index (Phi) is 7.14. The van der Waals surface area contributed by atoms with Gasteiger partial charge in [-0.2, -0.15) is 0 Å². The summed E-state index contributed by atoms with van der Waals surface area (Å²) in [4.78, 5) is 43.2. The Balaban J connectivity index is 1.70. The molecule has 0 saturated carbocycles. The predicted octanol–water partition coefficient (Wildman–Crippen LogP) is 7.38. The van der Waals surface area contributed by atoms with Crippen LogP contribution in [-0.2, 0) is 4.79 Å². The number of carbonyl (C=O) groups is 3. The summed E-state index contributed by atoms with van der Waals surface area (Å²) in [6.07, 6.45) is 0. The first-order chi connectivity index (χ1) is 18.0. The van der Waals surface area contributed by atoms with E-state index in [1.165, 1.54) is 37.3 Å². The Morgan fingerprint density at radius 2 is 1.21 bits per heavy atom. The summed E-state index contributed by atoms with van der Waals surface area (Å²) in [6.45, 7) is 0. The molecule has 0 aromatic heterocycles. The fraction of sp³-hybridized carbons (Fsp3) is 0.160. The maximum atomic E-state index is 13.8. The minimum absolute atomic E-state index is 0.179. The van der Waals surface area contributed by atoms with Gasteiger partial charge < -0.3 is 14.4 Å². The Morgan fingerprint density at radius 3 is 1.71 bits per heavy atom. The lowest BCUT2D eigenvalue weighted by Gasteiger charge is -2.50. The zero-order chi connectivity index (χ0) is 27.6. The number of methoxy groups -OCH3 is 2. The molecule has 7 nitrogen and oxygen atoms in total. The van der Waals surface area contributed by atoms with Crippen LogP contribution < -0.4 is 14.4 Å². The second-order valence-electron chi connectivity index (χ2n) is 8.32. The van der Waals surface area contributed by atoms with Crippen molar-refractivity contribution in [3.05, 3.63) is 83.2 Å². The van der Waals surface area contributed by atoms with Crippen molar-refractivity contribution < 1.29 is 23.9 Å². The molecule has 0 N–H and O–H groups in total. The highest BCUT2D eigenvalue weighted by Crippen LogP contribution is 2.51. The molecule has 2 heterocycles. The van der Waals surface area contributed by atoms with Crippen LogP contribution in [0.1, 0.15) is 32.3 Å². The fourth-order valence-electron chi connectivity index (χ4n) is 4.69. The Labute approximate surface area is 246 Å². The monoisotopic (exact) mass is 632 g/mol. The number of rotatable bonds is 5. The molecule has 0 radical (unpaired) electrons. The van der Waals surface area contributed by atoms with Crippen molar-refractivity contribution in [3.8, 4) is 11.5 Å². The molecule has 3 amide bonds. The molecule has 3 aromatic rings. The number of hydrogen-bond acceptors (Lipinski definition) is 5. The average Bonchev–Trinajstić information content (AvgIpc) is 3.13. The van der Waals surface area contributed by atoms with E-state index in [1.807, 2.05) is 0 Å². The van der Waals surface area contributed by atoms with E-state index < -0.39 is 29.8 Å². The SMILES string of the molecule is COc1ccc(OC)c([C@H]2[C@@H](N3C(=O)c4c(Cl)c(Cl)c(Cl)c(Cl)c4C3=O)C(=O)N2c2cc(Cl)cc(Cl)c2)c1. The third-order valence-electron chi connectivity index (χ3n) is 6.36. The number of imide groups is 1. The van der Waals surface area contributed by atoms with Gasteiger partial charge in [0.15, 0.2) is 0 Å². The number of hydrogen-bond donors (Lipinski definition) is 0. The molecule has 2 aliphatic heterocycles. The van der Waals surface area contributed by atoms with Gasteiger partial charge in [0.1, 0.15) is 17.5 Å². The zero-order valence-electron chi connectivity index (χ0n) is 19.3. The van der Waals surface area contributed by atoms with Crippen molar-refractivity contribution in [3.63, 3.8) is 0 Å². The van der Waals surface area contributed by atoms with E-state index >= 15 is 0 Å². The summed E-state index contributed by atoms with van der Waals surface area (Å²) >= 11 is 37.4. The van der Waals surface area contributed by atoms with Crippen molar-refractivity contribution >= 4 is 93.0 Å². The van der Waals surface area contributed by atoms with E-state index in [9.17, 15) is 14.4 Å². The Hall–Kier alpha value is -2.39. The number of amides is 3. The Bertz CT molecular complexity index is 1490. The maximum Gasteiger partial charge on any atom is 0.264 e. The summed E-state index contributed by atoms with van der Waals surface area (Å²) < 4.78 is 10.9. The van der Waals surface area contributed by atoms with Gasteiger partial charge >= 0.3 is 0 Å². The van der Waals surface area contributed by atoms with Crippen LogP contribution in [0.25, 0.3) is 0 Å². The van der Waals surface area contributed by atoms with E-state index in [0.29, 0.717) is 22.7 Å². The van der Waals surface area contributed by atoms with E-state index in [2.05, 4.69) is 0 Å². The van der Waals surface area contributed by atoms with E-state index in [4.69, 9.17) is 79.1 Å². The van der Waals surface area contributed by atoms with E-state index in [0.717, 1.165) is 4.90 Å². The summed E-state index contributed by atoms with van der Waals surface area (Å²) in [5, 5.41) is -0.273. The topological polar surface area (TPSA) is 76.1 Å². The molecule has 1 saturated heterocycles. The molecule has 0 aliphatic carbocycles. The second-order valence-corrected chi connectivity index (χ2v) is 10.7. The lowest BCUT2D eigenvalue weighted by molar-refractivity contribution is -0.130. The quantitative estimate of drug-likeness (QED) is 0.127. The summed E-state index contributed by atoms with van der Waals surface area (Å²) in [7, 11) is 2.93. The smallest absolute Gasteiger partial charge is 0.264 e. The number of benzene rings is 3. The van der Waals surface area contributed by atoms with Gasteiger partial charge in [-0.3, -0.25) is 19.3 Å². The first-order valence-corrected chi connectivity index (χ1v) is 13.0. The number of anilines is 1. The fourth-order valence-corrected chi connectivity index (χ4v) is 6.22. The predicted molar refractivity (Wildman–Crippen MR) is 147 cm³/mol. The van der Waals surface area contributed by atoms with Crippen molar-refractivity contribution in [2.75, 3.05) is 19.1 Å². The van der Waals surface area contributed by atoms with Gasteiger partial charge in [0, 0.05) is 21.3 Å². The summed E-state index contributed by atoms with van der Waals surface area (Å²) in [5.74, 6) is -1.44. The average molecular weight is 635 g/mol. The number of nitrogens with zero attached hydrogens (tertiary/aromatic N) is 2. The van der Waals surface area contributed by atoms with Gasteiger partial charge in [-0.25, -0.2) is 0 Å². The van der Waals surface area contributed by atoms with Gasteiger partial charge in [-0.15, -0.1) is 0 Å². The van der Waals surface area contributed by atoms with E-state index in [-0.39, 0.29) is 41.3 Å². The lowest BCUT2D eigenvalue weighted by atomic mass is 9.85. The van der Waals surface area contributed by atoms with Crippen LogP contribution in [-0.4, -0.2) is 42.9 Å². The second kappa shape index (κ2) is 9.97. The van der Waals surface area contributed by atoms with Gasteiger partial charge in [0.25, 0.3) is 17.7 Å². The molecule has 0 bridgehead atoms. The van der Waals surface area contributed by atoms with E-state index in [1.54, 1.807) is 18.2 Å². The molecule has 0 unspecified atom stereocenters. The molecular weight excluding hydrogens is 621 g/mol. The van der Waals surface area contributed by atoms with Crippen LogP contribution in [0, 0.1) is 0 Å². The number of β-lactam (4-membered cyclic amide) rings is 1. The standard InChI is InChI=1S/C25H14Cl6N2O5/c1-37-12-3-4-14(38-2)13(8-12)21-22(25(36)32(21)11-6-9(26)5-10(27)7-11)33-23(34)15-16(24(33)35)18(29)20(31)19(30)17(15)28/h3-8,21-22H,1-2H3/t21-,22+/m0/s1. The molecule has 196 valence electrons. The third kappa shape index (κ3) is 3.99. The van der Waals surface area contributed by atoms with Crippen LogP contribution in [0.2, 0.25) is 30.1 Å². The van der Waals surface area contributed by atoms with Crippen LogP contribution in [0.4, 0.5) is 5.69 Å². The highest BCUT2D eigenvalue weighted by Gasteiger charge is 2.59. The first kappa shape index (κ1) is 27.2. The lowest BCUT2D eigenvalue weighted by Crippen LogP contribution is -2.67. The number of halogens is 6. The molecule has 0 spiro atoms. The summed E-state index contributed by atoms with van der Waals surface area (Å²) in [5.41, 5.74) is 0.337. The molecule has 1 fully saturated rings.